The molecule has 10 heteroatoms. The lowest BCUT2D eigenvalue weighted by atomic mass is 10.0. The van der Waals surface area contributed by atoms with Gasteiger partial charge in [0.05, 0.1) is 21.8 Å². The summed E-state index contributed by atoms with van der Waals surface area (Å²) in [7, 11) is -4.10. The van der Waals surface area contributed by atoms with Crippen molar-refractivity contribution >= 4 is 21.7 Å². The molecule has 0 spiro atoms. The van der Waals surface area contributed by atoms with Gasteiger partial charge in [-0.2, -0.15) is 0 Å². The maximum Gasteiger partial charge on any atom is 0.335 e. The van der Waals surface area contributed by atoms with Crippen LogP contribution in [0, 0.1) is 0 Å². The van der Waals surface area contributed by atoms with Gasteiger partial charge in [0.1, 0.15) is 6.33 Å². The Kier molecular flexibility index (Phi) is 5.69. The largest absolute Gasteiger partial charge is 0.478 e. The van der Waals surface area contributed by atoms with Crippen molar-refractivity contribution in [1.29, 1.82) is 0 Å². The Labute approximate surface area is 184 Å². The summed E-state index contributed by atoms with van der Waals surface area (Å²) < 4.78 is 30.8. The van der Waals surface area contributed by atoms with E-state index >= 15 is 0 Å². The summed E-state index contributed by atoms with van der Waals surface area (Å²) in [6.45, 7) is 1.81. The first kappa shape index (κ1) is 21.2. The average molecular weight is 449 g/mol. The number of aromatic nitrogens is 4. The van der Waals surface area contributed by atoms with Gasteiger partial charge in [-0.15, -0.1) is 5.10 Å². The molecule has 0 aliphatic rings. The van der Waals surface area contributed by atoms with Crippen molar-refractivity contribution in [3.05, 3.63) is 84.2 Å². The van der Waals surface area contributed by atoms with Crippen LogP contribution in [0.1, 0.15) is 22.8 Å². The molecule has 32 heavy (non-hydrogen) atoms. The number of nitrogens with zero attached hydrogens (tertiary/aromatic N) is 4. The van der Waals surface area contributed by atoms with Gasteiger partial charge >= 0.3 is 5.97 Å². The Balaban J connectivity index is 1.85. The van der Waals surface area contributed by atoms with Crippen LogP contribution >= 0.6 is 0 Å². The van der Waals surface area contributed by atoms with Crippen molar-refractivity contribution in [3.8, 4) is 16.8 Å². The van der Waals surface area contributed by atoms with Crippen molar-refractivity contribution in [2.24, 2.45) is 0 Å². The molecule has 0 fully saturated rings. The van der Waals surface area contributed by atoms with Crippen LogP contribution in [-0.4, -0.2) is 39.7 Å². The Hall–Kier alpha value is -4.05. The highest BCUT2D eigenvalue weighted by Gasteiger charge is 2.22. The first-order valence-electron chi connectivity index (χ1n) is 9.71. The number of carboxylic acids is 1. The molecule has 162 valence electrons. The summed E-state index contributed by atoms with van der Waals surface area (Å²) in [5.41, 5.74) is 2.74. The molecule has 0 bridgehead atoms. The van der Waals surface area contributed by atoms with Gasteiger partial charge in [0.15, 0.2) is 0 Å². The highest BCUT2D eigenvalue weighted by molar-refractivity contribution is 7.92. The molecule has 1 heterocycles. The van der Waals surface area contributed by atoms with Crippen molar-refractivity contribution in [2.45, 2.75) is 18.2 Å². The second-order valence-electron chi connectivity index (χ2n) is 6.94. The van der Waals surface area contributed by atoms with Gasteiger partial charge in [-0.05, 0) is 52.2 Å². The van der Waals surface area contributed by atoms with Gasteiger partial charge in [-0.25, -0.2) is 17.9 Å². The van der Waals surface area contributed by atoms with Crippen LogP contribution in [-0.2, 0) is 16.4 Å². The lowest BCUT2D eigenvalue weighted by Crippen LogP contribution is -2.17. The normalized spacial score (nSPS) is 11.3. The molecule has 4 aromatic rings. The van der Waals surface area contributed by atoms with Gasteiger partial charge < -0.3 is 5.11 Å². The van der Waals surface area contributed by atoms with E-state index in [4.69, 9.17) is 0 Å². The van der Waals surface area contributed by atoms with E-state index in [-0.39, 0.29) is 10.5 Å². The number of hydrogen-bond donors (Lipinski definition) is 2. The summed E-state index contributed by atoms with van der Waals surface area (Å²) in [6, 6.07) is 18.6. The van der Waals surface area contributed by atoms with E-state index in [0.717, 1.165) is 5.56 Å². The summed E-state index contributed by atoms with van der Waals surface area (Å²) >= 11 is 0. The molecule has 0 saturated heterocycles. The third-order valence-electron chi connectivity index (χ3n) is 4.93. The monoisotopic (exact) mass is 449 g/mol. The van der Waals surface area contributed by atoms with E-state index in [1.807, 2.05) is 37.3 Å². The molecule has 9 nitrogen and oxygen atoms in total. The van der Waals surface area contributed by atoms with Crippen molar-refractivity contribution < 1.29 is 18.3 Å². The fraction of sp³-hybridized carbons (Fsp3) is 0.0909. The number of nitrogens with one attached hydrogen (secondary N) is 1. The standard InChI is InChI=1S/C22H19N5O4S/c1-2-15-8-9-17(22(28)29)12-21(15)32(30,31)24-20-13-18(27-14-23-25-26-27)10-11-19(20)16-6-4-3-5-7-16/h3-14,24H,2H2,1H3,(H,28,29). The number of rotatable bonds is 7. The van der Waals surface area contributed by atoms with Gasteiger partial charge in [0.2, 0.25) is 0 Å². The summed E-state index contributed by atoms with van der Waals surface area (Å²) in [6.07, 6.45) is 1.83. The van der Waals surface area contributed by atoms with E-state index in [9.17, 15) is 18.3 Å². The molecule has 0 saturated carbocycles. The van der Waals surface area contributed by atoms with Gasteiger partial charge in [-0.3, -0.25) is 4.72 Å². The van der Waals surface area contributed by atoms with Gasteiger partial charge in [-0.1, -0.05) is 49.4 Å². The number of benzene rings is 3. The minimum atomic E-state index is -4.10. The van der Waals surface area contributed by atoms with Crippen LogP contribution in [0.4, 0.5) is 5.69 Å². The lowest BCUT2D eigenvalue weighted by Gasteiger charge is -2.16. The molecule has 2 N–H and O–H groups in total. The van der Waals surface area contributed by atoms with Crippen molar-refractivity contribution in [2.75, 3.05) is 4.72 Å². The first-order chi connectivity index (χ1) is 15.4. The van der Waals surface area contributed by atoms with Crippen molar-refractivity contribution in [3.63, 3.8) is 0 Å². The topological polar surface area (TPSA) is 127 Å². The Morgan fingerprint density at radius 2 is 1.84 bits per heavy atom. The second-order valence-corrected chi connectivity index (χ2v) is 8.59. The smallest absolute Gasteiger partial charge is 0.335 e. The molecule has 0 unspecified atom stereocenters. The number of carboxylic acid groups (broad SMARTS) is 1. The molecule has 1 aromatic heterocycles. The summed E-state index contributed by atoms with van der Waals surface area (Å²) in [5.74, 6) is -1.20. The van der Waals surface area contributed by atoms with Crippen LogP contribution in [0.3, 0.4) is 0 Å². The SMILES string of the molecule is CCc1ccc(C(=O)O)cc1S(=O)(=O)Nc1cc(-n2cnnn2)ccc1-c1ccccc1. The minimum Gasteiger partial charge on any atom is -0.478 e. The molecule has 0 aliphatic carbocycles. The predicted molar refractivity (Wildman–Crippen MR) is 118 cm³/mol. The molecule has 4 rings (SSSR count). The van der Waals surface area contributed by atoms with E-state index < -0.39 is 16.0 Å². The zero-order chi connectivity index (χ0) is 22.7. The van der Waals surface area contributed by atoms with Crippen LogP contribution in [0.15, 0.2) is 78.0 Å². The number of tetrazole rings is 1. The fourth-order valence-electron chi connectivity index (χ4n) is 3.34. The first-order valence-corrected chi connectivity index (χ1v) is 11.2. The van der Waals surface area contributed by atoms with Crippen LogP contribution in [0.5, 0.6) is 0 Å². The second kappa shape index (κ2) is 8.60. The summed E-state index contributed by atoms with van der Waals surface area (Å²) in [5, 5.41) is 20.4. The maximum atomic E-state index is 13.4. The molecule has 0 aliphatic heterocycles. The Morgan fingerprint density at radius 3 is 2.50 bits per heavy atom. The van der Waals surface area contributed by atoms with Gasteiger partial charge in [0, 0.05) is 5.56 Å². The Bertz CT molecular complexity index is 1370. The zero-order valence-electron chi connectivity index (χ0n) is 17.0. The third-order valence-corrected chi connectivity index (χ3v) is 6.38. The van der Waals surface area contributed by atoms with E-state index in [0.29, 0.717) is 28.9 Å². The molecular weight excluding hydrogens is 430 g/mol. The molecule has 3 aromatic carbocycles. The number of sulfonamides is 1. The lowest BCUT2D eigenvalue weighted by molar-refractivity contribution is 0.0696. The van der Waals surface area contributed by atoms with Crippen LogP contribution < -0.4 is 4.72 Å². The van der Waals surface area contributed by atoms with Crippen LogP contribution in [0.25, 0.3) is 16.8 Å². The third kappa shape index (κ3) is 4.21. The Morgan fingerprint density at radius 1 is 1.06 bits per heavy atom. The molecule has 0 amide bonds. The fourth-order valence-corrected chi connectivity index (χ4v) is 4.75. The maximum absolute atomic E-state index is 13.4. The number of hydrogen-bond acceptors (Lipinski definition) is 6. The number of anilines is 1. The number of aryl methyl sites for hydroxylation is 1. The highest BCUT2D eigenvalue weighted by atomic mass is 32.2. The molecule has 0 atom stereocenters. The minimum absolute atomic E-state index is 0.0771. The van der Waals surface area contributed by atoms with E-state index in [1.165, 1.54) is 29.2 Å². The van der Waals surface area contributed by atoms with E-state index in [2.05, 4.69) is 20.2 Å². The van der Waals surface area contributed by atoms with E-state index in [1.54, 1.807) is 18.2 Å². The number of carbonyl (C=O) groups is 1. The predicted octanol–water partition coefficient (Wildman–Crippen LogP) is 3.39. The van der Waals surface area contributed by atoms with Gasteiger partial charge in [0.25, 0.3) is 10.0 Å². The quantitative estimate of drug-likeness (QED) is 0.443. The highest BCUT2D eigenvalue weighted by Crippen LogP contribution is 2.32. The van der Waals surface area contributed by atoms with Crippen LogP contribution in [0.2, 0.25) is 0 Å². The zero-order valence-corrected chi connectivity index (χ0v) is 17.8. The summed E-state index contributed by atoms with van der Waals surface area (Å²) in [4.78, 5) is 11.3. The van der Waals surface area contributed by atoms with Crippen molar-refractivity contribution in [1.82, 2.24) is 20.2 Å². The molecular formula is C22H19N5O4S. The number of aromatic carboxylic acids is 1. The molecule has 0 radical (unpaired) electrons. The average Bonchev–Trinajstić information content (AvgIpc) is 3.34.